The number of halogens is 1. The molecule has 0 bridgehead atoms. The molecule has 2 aromatic rings. The molecule has 0 fully saturated rings. The molecule has 0 saturated heterocycles. The van der Waals surface area contributed by atoms with Gasteiger partial charge < -0.3 is 15.0 Å². The van der Waals surface area contributed by atoms with Crippen LogP contribution in [-0.4, -0.2) is 31.9 Å². The first-order chi connectivity index (χ1) is 11.5. The van der Waals surface area contributed by atoms with Crippen LogP contribution in [0.15, 0.2) is 41.4 Å². The molecule has 0 heterocycles. The van der Waals surface area contributed by atoms with E-state index in [-0.39, 0.29) is 12.4 Å². The van der Waals surface area contributed by atoms with Crippen LogP contribution in [0, 0.1) is 13.8 Å². The van der Waals surface area contributed by atoms with Gasteiger partial charge in [-0.2, -0.15) is 0 Å². The molecular weight excluding hydrogens is 334 g/mol. The van der Waals surface area contributed by atoms with E-state index < -0.39 is 0 Å². The van der Waals surface area contributed by atoms with E-state index in [2.05, 4.69) is 61.4 Å². The van der Waals surface area contributed by atoms with Gasteiger partial charge >= 0.3 is 0 Å². The van der Waals surface area contributed by atoms with Gasteiger partial charge in [0.2, 0.25) is 0 Å². The third-order valence-electron chi connectivity index (χ3n) is 4.01. The lowest BCUT2D eigenvalue weighted by Crippen LogP contribution is -2.14. The molecule has 0 atom stereocenters. The number of ether oxygens (including phenoxy) is 1. The lowest BCUT2D eigenvalue weighted by atomic mass is 10.1. The minimum atomic E-state index is 0. The van der Waals surface area contributed by atoms with Crippen molar-refractivity contribution in [3.63, 3.8) is 0 Å². The van der Waals surface area contributed by atoms with Gasteiger partial charge in [0, 0.05) is 26.2 Å². The fraction of sp³-hybridized carbons (Fsp3) is 0.350. The van der Waals surface area contributed by atoms with Crippen molar-refractivity contribution in [3.05, 3.63) is 53.1 Å². The van der Waals surface area contributed by atoms with Crippen molar-refractivity contribution in [1.82, 2.24) is 4.90 Å². The number of hydrogen-bond acceptors (Lipinski definition) is 3. The Kier molecular flexibility index (Phi) is 8.29. The molecule has 5 heteroatoms. The highest BCUT2D eigenvalue weighted by Crippen LogP contribution is 2.33. The second kappa shape index (κ2) is 9.94. The molecule has 2 rings (SSSR count). The Hall–Kier alpha value is -2.20. The third kappa shape index (κ3) is 5.98. The Morgan fingerprint density at radius 2 is 1.84 bits per heavy atom. The van der Waals surface area contributed by atoms with Gasteiger partial charge in [-0.1, -0.05) is 29.8 Å². The van der Waals surface area contributed by atoms with Crippen LogP contribution in [0.25, 0.3) is 0 Å². The number of aryl methyl sites for hydroxylation is 2. The molecule has 4 nitrogen and oxygen atoms in total. The maximum Gasteiger partial charge on any atom is 0.144 e. The standard InChI is InChI=1S/C20H27N3O.ClH/c1-6-23(4)14-22-18-12-20(24-5)19(11-16(18)3)21-13-17-9-7-15(2)8-10-17;/h7-12,14,21H,6,13H2,1-5H3;1H. The fourth-order valence-electron chi connectivity index (χ4n) is 2.27. The SMILES string of the molecule is CCN(C)C=Nc1cc(OC)c(NCc2ccc(C)cc2)cc1C.Cl. The number of aliphatic imine (C=N–C) groups is 1. The average molecular weight is 362 g/mol. The van der Waals surface area contributed by atoms with Crippen molar-refractivity contribution in [1.29, 1.82) is 0 Å². The molecule has 0 spiro atoms. The Morgan fingerprint density at radius 3 is 2.44 bits per heavy atom. The van der Waals surface area contributed by atoms with Gasteiger partial charge in [0.15, 0.2) is 0 Å². The molecule has 2 aromatic carbocycles. The summed E-state index contributed by atoms with van der Waals surface area (Å²) in [6, 6.07) is 12.6. The highest BCUT2D eigenvalue weighted by Gasteiger charge is 2.07. The quantitative estimate of drug-likeness (QED) is 0.559. The molecule has 1 N–H and O–H groups in total. The van der Waals surface area contributed by atoms with Crippen LogP contribution >= 0.6 is 12.4 Å². The lowest BCUT2D eigenvalue weighted by molar-refractivity contribution is 0.416. The summed E-state index contributed by atoms with van der Waals surface area (Å²) in [5.41, 5.74) is 5.53. The van der Waals surface area contributed by atoms with Gasteiger partial charge in [-0.05, 0) is 38.0 Å². The summed E-state index contributed by atoms with van der Waals surface area (Å²) < 4.78 is 5.53. The largest absolute Gasteiger partial charge is 0.495 e. The minimum absolute atomic E-state index is 0. The van der Waals surface area contributed by atoms with Crippen LogP contribution in [0.2, 0.25) is 0 Å². The molecule has 0 aromatic heterocycles. The summed E-state index contributed by atoms with van der Waals surface area (Å²) >= 11 is 0. The number of methoxy groups -OCH3 is 1. The summed E-state index contributed by atoms with van der Waals surface area (Å²) in [5.74, 6) is 0.805. The van der Waals surface area contributed by atoms with E-state index in [4.69, 9.17) is 4.74 Å². The summed E-state index contributed by atoms with van der Waals surface area (Å²) in [6.45, 7) is 7.94. The maximum absolute atomic E-state index is 5.53. The van der Waals surface area contributed by atoms with Crippen molar-refractivity contribution in [2.45, 2.75) is 27.3 Å². The third-order valence-corrected chi connectivity index (χ3v) is 4.01. The van der Waals surface area contributed by atoms with E-state index in [1.54, 1.807) is 7.11 Å². The van der Waals surface area contributed by atoms with Gasteiger partial charge in [0.25, 0.3) is 0 Å². The predicted octanol–water partition coefficient (Wildman–Crippen LogP) is 4.96. The van der Waals surface area contributed by atoms with Crippen LogP contribution in [0.3, 0.4) is 0 Å². The second-order valence-corrected chi connectivity index (χ2v) is 6.00. The molecule has 0 saturated carbocycles. The van der Waals surface area contributed by atoms with E-state index in [1.165, 1.54) is 11.1 Å². The number of hydrogen-bond donors (Lipinski definition) is 1. The van der Waals surface area contributed by atoms with Crippen LogP contribution < -0.4 is 10.1 Å². The summed E-state index contributed by atoms with van der Waals surface area (Å²) in [5, 5.41) is 3.46. The molecule has 25 heavy (non-hydrogen) atoms. The topological polar surface area (TPSA) is 36.9 Å². The normalized spacial score (nSPS) is 10.4. The molecule has 136 valence electrons. The summed E-state index contributed by atoms with van der Waals surface area (Å²) in [7, 11) is 3.70. The lowest BCUT2D eigenvalue weighted by Gasteiger charge is -2.14. The zero-order valence-electron chi connectivity index (χ0n) is 15.7. The Balaban J connectivity index is 0.00000312. The van der Waals surface area contributed by atoms with Crippen LogP contribution in [0.1, 0.15) is 23.6 Å². The molecule has 0 aliphatic rings. The van der Waals surface area contributed by atoms with Crippen LogP contribution in [0.5, 0.6) is 5.75 Å². The monoisotopic (exact) mass is 361 g/mol. The minimum Gasteiger partial charge on any atom is -0.495 e. The number of nitrogens with zero attached hydrogens (tertiary/aromatic N) is 2. The maximum atomic E-state index is 5.53. The smallest absolute Gasteiger partial charge is 0.144 e. The molecule has 0 unspecified atom stereocenters. The Labute approximate surface area is 157 Å². The zero-order chi connectivity index (χ0) is 17.5. The van der Waals surface area contributed by atoms with Crippen LogP contribution in [-0.2, 0) is 6.54 Å². The summed E-state index contributed by atoms with van der Waals surface area (Å²) in [4.78, 5) is 6.58. The average Bonchev–Trinajstić information content (AvgIpc) is 2.60. The van der Waals surface area contributed by atoms with E-state index >= 15 is 0 Å². The molecule has 0 aliphatic carbocycles. The van der Waals surface area contributed by atoms with E-state index in [0.717, 1.165) is 35.8 Å². The zero-order valence-corrected chi connectivity index (χ0v) is 16.5. The van der Waals surface area contributed by atoms with Crippen LogP contribution in [0.4, 0.5) is 11.4 Å². The van der Waals surface area contributed by atoms with Gasteiger partial charge in [0.1, 0.15) is 5.75 Å². The molecule has 0 amide bonds. The highest BCUT2D eigenvalue weighted by atomic mass is 35.5. The first kappa shape index (κ1) is 20.8. The molecule has 0 radical (unpaired) electrons. The first-order valence-electron chi connectivity index (χ1n) is 8.26. The first-order valence-corrected chi connectivity index (χ1v) is 8.26. The van der Waals surface area contributed by atoms with E-state index in [9.17, 15) is 0 Å². The van der Waals surface area contributed by atoms with E-state index in [0.29, 0.717) is 0 Å². The Morgan fingerprint density at radius 1 is 1.16 bits per heavy atom. The predicted molar refractivity (Wildman–Crippen MR) is 110 cm³/mol. The Bertz CT molecular complexity index is 699. The summed E-state index contributed by atoms with van der Waals surface area (Å²) in [6.07, 6.45) is 1.85. The van der Waals surface area contributed by atoms with Gasteiger partial charge in [-0.15, -0.1) is 12.4 Å². The van der Waals surface area contributed by atoms with Crippen molar-refractivity contribution >= 4 is 30.1 Å². The van der Waals surface area contributed by atoms with Crippen molar-refractivity contribution in [2.75, 3.05) is 26.0 Å². The van der Waals surface area contributed by atoms with Crippen molar-refractivity contribution in [3.8, 4) is 5.75 Å². The molecule has 0 aliphatic heterocycles. The fourth-order valence-corrected chi connectivity index (χ4v) is 2.27. The van der Waals surface area contributed by atoms with Gasteiger partial charge in [-0.25, -0.2) is 4.99 Å². The van der Waals surface area contributed by atoms with Crippen molar-refractivity contribution in [2.24, 2.45) is 4.99 Å². The number of rotatable bonds is 7. The van der Waals surface area contributed by atoms with Gasteiger partial charge in [-0.3, -0.25) is 0 Å². The second-order valence-electron chi connectivity index (χ2n) is 6.00. The highest BCUT2D eigenvalue weighted by molar-refractivity contribution is 5.85. The van der Waals surface area contributed by atoms with E-state index in [1.807, 2.05) is 24.4 Å². The number of anilines is 1. The van der Waals surface area contributed by atoms with Gasteiger partial charge in [0.05, 0.1) is 24.8 Å². The number of nitrogens with one attached hydrogen (secondary N) is 1. The van der Waals surface area contributed by atoms with Crippen molar-refractivity contribution < 1.29 is 4.74 Å². The number of benzene rings is 2. The molecular formula is C20H28ClN3O.